The molecular formula is C13H18O2. The van der Waals surface area contributed by atoms with E-state index in [4.69, 9.17) is 4.74 Å². The van der Waals surface area contributed by atoms with Gasteiger partial charge in [-0.15, -0.1) is 0 Å². The summed E-state index contributed by atoms with van der Waals surface area (Å²) in [6.45, 7) is 2.86. The van der Waals surface area contributed by atoms with Crippen molar-refractivity contribution >= 4 is 0 Å². The smallest absolute Gasteiger partial charge is 0.127 e. The van der Waals surface area contributed by atoms with E-state index in [2.05, 4.69) is 0 Å². The summed E-state index contributed by atoms with van der Waals surface area (Å²) < 4.78 is 5.75. The van der Waals surface area contributed by atoms with Crippen molar-refractivity contribution < 1.29 is 9.84 Å². The van der Waals surface area contributed by atoms with Crippen molar-refractivity contribution in [1.29, 1.82) is 0 Å². The van der Waals surface area contributed by atoms with Crippen LogP contribution in [0.3, 0.4) is 0 Å². The maximum absolute atomic E-state index is 9.18. The summed E-state index contributed by atoms with van der Waals surface area (Å²) in [7, 11) is 0. The predicted molar refractivity (Wildman–Crippen MR) is 59.9 cm³/mol. The molecule has 1 saturated carbocycles. The average molecular weight is 206 g/mol. The van der Waals surface area contributed by atoms with Crippen LogP contribution in [0.5, 0.6) is 5.75 Å². The monoisotopic (exact) mass is 206 g/mol. The van der Waals surface area contributed by atoms with Crippen molar-refractivity contribution in [3.05, 3.63) is 29.3 Å². The molecule has 0 saturated heterocycles. The Bertz CT molecular complexity index is 329. The number of rotatable bonds is 5. The lowest BCUT2D eigenvalue weighted by molar-refractivity contribution is 0.258. The highest BCUT2D eigenvalue weighted by atomic mass is 16.5. The highest BCUT2D eigenvalue weighted by Gasteiger charge is 2.21. The van der Waals surface area contributed by atoms with Crippen molar-refractivity contribution in [3.63, 3.8) is 0 Å². The molecule has 0 amide bonds. The lowest BCUT2D eigenvalue weighted by Crippen LogP contribution is -2.02. The van der Waals surface area contributed by atoms with Gasteiger partial charge in [0.15, 0.2) is 0 Å². The number of hydrogen-bond acceptors (Lipinski definition) is 2. The van der Waals surface area contributed by atoms with Crippen LogP contribution >= 0.6 is 0 Å². The van der Waals surface area contributed by atoms with E-state index in [-0.39, 0.29) is 6.61 Å². The Labute approximate surface area is 90.9 Å². The van der Waals surface area contributed by atoms with E-state index >= 15 is 0 Å². The predicted octanol–water partition coefficient (Wildman–Crippen LogP) is 2.67. The molecule has 82 valence electrons. The quantitative estimate of drug-likeness (QED) is 0.802. The van der Waals surface area contributed by atoms with Crippen LogP contribution in [-0.4, -0.2) is 11.7 Å². The Morgan fingerprint density at radius 1 is 1.40 bits per heavy atom. The number of benzene rings is 1. The van der Waals surface area contributed by atoms with Crippen LogP contribution in [0.4, 0.5) is 0 Å². The van der Waals surface area contributed by atoms with Crippen LogP contribution in [0.15, 0.2) is 18.2 Å². The lowest BCUT2D eigenvalue weighted by Gasteiger charge is -2.12. The zero-order chi connectivity index (χ0) is 10.7. The molecule has 15 heavy (non-hydrogen) atoms. The minimum atomic E-state index is 0.0560. The molecule has 2 nitrogen and oxygen atoms in total. The largest absolute Gasteiger partial charge is 0.493 e. The topological polar surface area (TPSA) is 29.5 Å². The van der Waals surface area contributed by atoms with Gasteiger partial charge in [-0.05, 0) is 24.8 Å². The van der Waals surface area contributed by atoms with Gasteiger partial charge in [0.2, 0.25) is 0 Å². The molecule has 0 aliphatic heterocycles. The Balaban J connectivity index is 1.97. The molecule has 0 bridgehead atoms. The highest BCUT2D eigenvalue weighted by Crippen LogP contribution is 2.33. The Morgan fingerprint density at radius 3 is 2.87 bits per heavy atom. The summed E-state index contributed by atoms with van der Waals surface area (Å²) in [6.07, 6.45) is 3.88. The van der Waals surface area contributed by atoms with Crippen molar-refractivity contribution in [2.24, 2.45) is 5.92 Å². The molecule has 2 heteroatoms. The first-order valence-electron chi connectivity index (χ1n) is 5.63. The van der Waals surface area contributed by atoms with Gasteiger partial charge in [-0.1, -0.05) is 31.0 Å². The Kier molecular flexibility index (Phi) is 3.27. The number of aliphatic hydroxyl groups excluding tert-OH is 1. The SMILES string of the molecule is Cc1cccc(CO)c1OCCC1CC1. The average Bonchev–Trinajstić information content (AvgIpc) is 3.04. The fourth-order valence-electron chi connectivity index (χ4n) is 1.78. The molecule has 1 fully saturated rings. The van der Waals surface area contributed by atoms with Gasteiger partial charge in [0.25, 0.3) is 0 Å². The fourth-order valence-corrected chi connectivity index (χ4v) is 1.78. The minimum Gasteiger partial charge on any atom is -0.493 e. The number of ether oxygens (including phenoxy) is 1. The molecule has 1 N–H and O–H groups in total. The third kappa shape index (κ3) is 2.72. The summed E-state index contributed by atoms with van der Waals surface area (Å²) in [5.41, 5.74) is 2.00. The van der Waals surface area contributed by atoms with Crippen molar-refractivity contribution in [2.75, 3.05) is 6.61 Å². The number of aliphatic hydroxyl groups is 1. The van der Waals surface area contributed by atoms with E-state index in [1.54, 1.807) is 0 Å². The van der Waals surface area contributed by atoms with Gasteiger partial charge in [-0.25, -0.2) is 0 Å². The highest BCUT2D eigenvalue weighted by molar-refractivity contribution is 5.40. The maximum atomic E-state index is 9.18. The second-order valence-electron chi connectivity index (χ2n) is 4.30. The van der Waals surface area contributed by atoms with Crippen LogP contribution in [-0.2, 0) is 6.61 Å². The number of para-hydroxylation sites is 1. The maximum Gasteiger partial charge on any atom is 0.127 e. The number of hydrogen-bond donors (Lipinski definition) is 1. The van der Waals surface area contributed by atoms with E-state index < -0.39 is 0 Å². The van der Waals surface area contributed by atoms with E-state index in [0.29, 0.717) is 0 Å². The summed E-state index contributed by atoms with van der Waals surface area (Å²) in [5.74, 6) is 1.77. The molecule has 1 aromatic rings. The first kappa shape index (κ1) is 10.5. The molecule has 0 spiro atoms. The number of aryl methyl sites for hydroxylation is 1. The molecule has 0 atom stereocenters. The van der Waals surface area contributed by atoms with Crippen molar-refractivity contribution in [1.82, 2.24) is 0 Å². The van der Waals surface area contributed by atoms with E-state index in [0.717, 1.165) is 35.8 Å². The van der Waals surface area contributed by atoms with E-state index in [1.165, 1.54) is 12.8 Å². The molecule has 0 heterocycles. The zero-order valence-electron chi connectivity index (χ0n) is 9.20. The van der Waals surface area contributed by atoms with Gasteiger partial charge in [-0.2, -0.15) is 0 Å². The fraction of sp³-hybridized carbons (Fsp3) is 0.538. The molecule has 1 aliphatic carbocycles. The second kappa shape index (κ2) is 4.67. The van der Waals surface area contributed by atoms with Crippen molar-refractivity contribution in [3.8, 4) is 5.75 Å². The Morgan fingerprint density at radius 2 is 2.20 bits per heavy atom. The molecule has 2 rings (SSSR count). The van der Waals surface area contributed by atoms with Gasteiger partial charge < -0.3 is 9.84 Å². The summed E-state index contributed by atoms with van der Waals surface area (Å²) in [4.78, 5) is 0. The molecule has 0 aromatic heterocycles. The molecule has 0 radical (unpaired) electrons. The first-order chi connectivity index (χ1) is 7.31. The third-order valence-electron chi connectivity index (χ3n) is 2.93. The zero-order valence-corrected chi connectivity index (χ0v) is 9.20. The molecule has 1 aromatic carbocycles. The van der Waals surface area contributed by atoms with Crippen molar-refractivity contribution in [2.45, 2.75) is 32.8 Å². The Hall–Kier alpha value is -1.02. The van der Waals surface area contributed by atoms with Crippen LogP contribution in [0.2, 0.25) is 0 Å². The lowest BCUT2D eigenvalue weighted by atomic mass is 10.1. The minimum absolute atomic E-state index is 0.0560. The van der Waals surface area contributed by atoms with Crippen LogP contribution in [0.1, 0.15) is 30.4 Å². The molecular weight excluding hydrogens is 188 g/mol. The van der Waals surface area contributed by atoms with Crippen LogP contribution in [0, 0.1) is 12.8 Å². The van der Waals surface area contributed by atoms with Gasteiger partial charge in [0, 0.05) is 5.56 Å². The second-order valence-corrected chi connectivity index (χ2v) is 4.30. The third-order valence-corrected chi connectivity index (χ3v) is 2.93. The van der Waals surface area contributed by atoms with Gasteiger partial charge in [-0.3, -0.25) is 0 Å². The molecule has 0 unspecified atom stereocenters. The molecule has 1 aliphatic rings. The van der Waals surface area contributed by atoms with E-state index in [1.807, 2.05) is 25.1 Å². The summed E-state index contributed by atoms with van der Waals surface area (Å²) in [5, 5.41) is 9.18. The van der Waals surface area contributed by atoms with E-state index in [9.17, 15) is 5.11 Å². The summed E-state index contributed by atoms with van der Waals surface area (Å²) in [6, 6.07) is 5.89. The van der Waals surface area contributed by atoms with Gasteiger partial charge >= 0.3 is 0 Å². The van der Waals surface area contributed by atoms with Gasteiger partial charge in [0.1, 0.15) is 5.75 Å². The van der Waals surface area contributed by atoms with Crippen LogP contribution in [0.25, 0.3) is 0 Å². The first-order valence-corrected chi connectivity index (χ1v) is 5.63. The van der Waals surface area contributed by atoms with Crippen LogP contribution < -0.4 is 4.74 Å². The van der Waals surface area contributed by atoms with Gasteiger partial charge in [0.05, 0.1) is 13.2 Å². The normalized spacial score (nSPS) is 15.3. The summed E-state index contributed by atoms with van der Waals surface area (Å²) >= 11 is 0. The standard InChI is InChI=1S/C13H18O2/c1-10-3-2-4-12(9-14)13(10)15-8-7-11-5-6-11/h2-4,11,14H,5-9H2,1H3.